The molecule has 148 valence electrons. The highest BCUT2D eigenvalue weighted by molar-refractivity contribution is 5.37. The zero-order chi connectivity index (χ0) is 20.1. The lowest BCUT2D eigenvalue weighted by molar-refractivity contribution is -0.178. The smallest absolute Gasteiger partial charge is 0.182 e. The van der Waals surface area contributed by atoms with Crippen molar-refractivity contribution in [3.63, 3.8) is 0 Å². The summed E-state index contributed by atoms with van der Waals surface area (Å²) in [5.74, 6) is -0.242. The van der Waals surface area contributed by atoms with Crippen LogP contribution in [0.4, 0.5) is 4.39 Å². The number of hydrogen-bond donors (Lipinski definition) is 3. The number of benzene rings is 2. The summed E-state index contributed by atoms with van der Waals surface area (Å²) in [5, 5.41) is 29.1. The maximum Gasteiger partial charge on any atom is 0.182 e. The lowest BCUT2D eigenvalue weighted by atomic mass is 9.97. The van der Waals surface area contributed by atoms with Gasteiger partial charge in [0.05, 0.1) is 19.3 Å². The molecule has 5 nitrogen and oxygen atoms in total. The molecule has 3 unspecified atom stereocenters. The molecule has 0 aliphatic carbocycles. The predicted molar refractivity (Wildman–Crippen MR) is 100 cm³/mol. The van der Waals surface area contributed by atoms with Gasteiger partial charge in [0.2, 0.25) is 0 Å². The number of aryl methyl sites for hydroxylation is 1. The first-order chi connectivity index (χ1) is 12.7. The molecule has 27 heavy (non-hydrogen) atoms. The maximum atomic E-state index is 13.9. The van der Waals surface area contributed by atoms with Gasteiger partial charge in [-0.25, -0.2) is 4.39 Å². The fourth-order valence-electron chi connectivity index (χ4n) is 2.88. The molecule has 0 amide bonds. The Morgan fingerprint density at radius 3 is 2.26 bits per heavy atom. The van der Waals surface area contributed by atoms with Gasteiger partial charge in [0, 0.05) is 0 Å². The second kappa shape index (κ2) is 9.28. The molecule has 0 aliphatic heterocycles. The Balaban J connectivity index is 2.29. The van der Waals surface area contributed by atoms with Crippen molar-refractivity contribution in [3.05, 3.63) is 64.5 Å². The molecule has 3 atom stereocenters. The second-order valence-corrected chi connectivity index (χ2v) is 6.81. The molecule has 2 aromatic carbocycles. The lowest BCUT2D eigenvalue weighted by Crippen LogP contribution is -2.30. The van der Waals surface area contributed by atoms with E-state index in [0.29, 0.717) is 12.0 Å². The number of aliphatic hydroxyl groups excluding tert-OH is 2. The molecule has 0 fully saturated rings. The number of ether oxygens (including phenoxy) is 2. The van der Waals surface area contributed by atoms with Gasteiger partial charge in [-0.3, -0.25) is 0 Å². The van der Waals surface area contributed by atoms with Crippen molar-refractivity contribution in [3.8, 4) is 5.75 Å². The van der Waals surface area contributed by atoms with E-state index in [4.69, 9.17) is 9.47 Å². The average molecular weight is 378 g/mol. The van der Waals surface area contributed by atoms with Crippen LogP contribution in [0.15, 0.2) is 36.4 Å². The van der Waals surface area contributed by atoms with Gasteiger partial charge < -0.3 is 24.8 Å². The molecule has 0 saturated heterocycles. The van der Waals surface area contributed by atoms with Crippen LogP contribution in [-0.4, -0.2) is 40.9 Å². The summed E-state index contributed by atoms with van der Waals surface area (Å²) >= 11 is 0. The first kappa shape index (κ1) is 21.3. The minimum atomic E-state index is -1.74. The minimum absolute atomic E-state index is 0.188. The van der Waals surface area contributed by atoms with E-state index in [1.165, 1.54) is 13.2 Å². The third kappa shape index (κ3) is 5.74. The van der Waals surface area contributed by atoms with Gasteiger partial charge >= 0.3 is 0 Å². The number of aliphatic hydroxyl groups is 3. The summed E-state index contributed by atoms with van der Waals surface area (Å²) in [6, 6.07) is 10.3. The Bertz CT molecular complexity index is 760. The van der Waals surface area contributed by atoms with E-state index >= 15 is 0 Å². The zero-order valence-corrected chi connectivity index (χ0v) is 16.0. The highest BCUT2D eigenvalue weighted by Crippen LogP contribution is 2.27. The SMILES string of the molecule is COc1ccc(Cc2cc(C)cc(C(OC(C)C(C)O)C(O)O)c2)cc1F. The zero-order valence-electron chi connectivity index (χ0n) is 16.0. The van der Waals surface area contributed by atoms with Crippen molar-refractivity contribution in [1.29, 1.82) is 0 Å². The molecule has 0 aliphatic rings. The van der Waals surface area contributed by atoms with Crippen molar-refractivity contribution in [2.75, 3.05) is 7.11 Å². The average Bonchev–Trinajstić information content (AvgIpc) is 2.58. The molecule has 2 aromatic rings. The van der Waals surface area contributed by atoms with E-state index in [0.717, 1.165) is 16.7 Å². The van der Waals surface area contributed by atoms with Gasteiger partial charge in [-0.1, -0.05) is 29.8 Å². The van der Waals surface area contributed by atoms with Gasteiger partial charge in [-0.15, -0.1) is 0 Å². The van der Waals surface area contributed by atoms with Gasteiger partial charge in [-0.05, 0) is 56.0 Å². The van der Waals surface area contributed by atoms with Gasteiger partial charge in [0.25, 0.3) is 0 Å². The molecule has 0 bridgehead atoms. The van der Waals surface area contributed by atoms with Gasteiger partial charge in [-0.2, -0.15) is 0 Å². The van der Waals surface area contributed by atoms with Crippen LogP contribution in [0.3, 0.4) is 0 Å². The fourth-order valence-corrected chi connectivity index (χ4v) is 2.88. The summed E-state index contributed by atoms with van der Waals surface area (Å²) < 4.78 is 24.5. The summed E-state index contributed by atoms with van der Waals surface area (Å²) in [4.78, 5) is 0. The van der Waals surface area contributed by atoms with Gasteiger partial charge in [0.15, 0.2) is 17.9 Å². The summed E-state index contributed by atoms with van der Waals surface area (Å²) in [5.41, 5.74) is 3.15. The molecular formula is C21H27FO5. The van der Waals surface area contributed by atoms with Crippen LogP contribution in [-0.2, 0) is 11.2 Å². The largest absolute Gasteiger partial charge is 0.494 e. The van der Waals surface area contributed by atoms with E-state index in [-0.39, 0.29) is 5.75 Å². The standard InChI is InChI=1S/C21H27FO5/c1-12-7-16(9-15-5-6-19(26-4)18(22)11-15)10-17(8-12)20(21(24)25)27-14(3)13(2)23/h5-8,10-11,13-14,20-21,23-25H,9H2,1-4H3. The Hall–Kier alpha value is -1.99. The van der Waals surface area contributed by atoms with Crippen molar-refractivity contribution in [2.24, 2.45) is 0 Å². The molecule has 3 N–H and O–H groups in total. The third-order valence-electron chi connectivity index (χ3n) is 4.42. The van der Waals surface area contributed by atoms with Crippen molar-refractivity contribution in [1.82, 2.24) is 0 Å². The van der Waals surface area contributed by atoms with Crippen LogP contribution in [0.5, 0.6) is 5.75 Å². The van der Waals surface area contributed by atoms with Gasteiger partial charge in [0.1, 0.15) is 6.10 Å². The van der Waals surface area contributed by atoms with E-state index in [9.17, 15) is 19.7 Å². The Morgan fingerprint density at radius 2 is 1.70 bits per heavy atom. The van der Waals surface area contributed by atoms with Crippen LogP contribution in [0.25, 0.3) is 0 Å². The number of hydrogen-bond acceptors (Lipinski definition) is 5. The predicted octanol–water partition coefficient (Wildman–Crippen LogP) is 2.87. The van der Waals surface area contributed by atoms with Crippen molar-refractivity contribution in [2.45, 2.75) is 51.8 Å². The van der Waals surface area contributed by atoms with E-state index < -0.39 is 30.4 Å². The molecular weight excluding hydrogens is 351 g/mol. The monoisotopic (exact) mass is 378 g/mol. The Morgan fingerprint density at radius 1 is 1.00 bits per heavy atom. The van der Waals surface area contributed by atoms with E-state index in [2.05, 4.69) is 0 Å². The number of halogens is 1. The van der Waals surface area contributed by atoms with Crippen LogP contribution < -0.4 is 4.74 Å². The normalized spacial score (nSPS) is 14.9. The number of rotatable bonds is 8. The summed E-state index contributed by atoms with van der Waals surface area (Å²) in [6.07, 6.45) is -3.59. The third-order valence-corrected chi connectivity index (χ3v) is 4.42. The molecule has 0 aromatic heterocycles. The first-order valence-electron chi connectivity index (χ1n) is 8.83. The van der Waals surface area contributed by atoms with Crippen LogP contribution >= 0.6 is 0 Å². The first-order valence-corrected chi connectivity index (χ1v) is 8.83. The van der Waals surface area contributed by atoms with E-state index in [1.54, 1.807) is 38.1 Å². The van der Waals surface area contributed by atoms with Crippen LogP contribution in [0.2, 0.25) is 0 Å². The summed E-state index contributed by atoms with van der Waals surface area (Å²) in [7, 11) is 1.42. The van der Waals surface area contributed by atoms with Crippen LogP contribution in [0, 0.1) is 12.7 Å². The Labute approximate surface area is 159 Å². The fraction of sp³-hybridized carbons (Fsp3) is 0.429. The Kier molecular flexibility index (Phi) is 7.33. The van der Waals surface area contributed by atoms with Crippen LogP contribution in [0.1, 0.15) is 42.2 Å². The molecule has 0 heterocycles. The maximum absolute atomic E-state index is 13.9. The second-order valence-electron chi connectivity index (χ2n) is 6.81. The lowest BCUT2D eigenvalue weighted by Gasteiger charge is -2.26. The number of methoxy groups -OCH3 is 1. The molecule has 6 heteroatoms. The van der Waals surface area contributed by atoms with Crippen molar-refractivity contribution < 1.29 is 29.2 Å². The molecule has 0 saturated carbocycles. The quantitative estimate of drug-likeness (QED) is 0.616. The van der Waals surface area contributed by atoms with Crippen molar-refractivity contribution >= 4 is 0 Å². The molecule has 0 spiro atoms. The minimum Gasteiger partial charge on any atom is -0.494 e. The highest BCUT2D eigenvalue weighted by atomic mass is 19.1. The highest BCUT2D eigenvalue weighted by Gasteiger charge is 2.25. The summed E-state index contributed by atoms with van der Waals surface area (Å²) in [6.45, 7) is 5.13. The topological polar surface area (TPSA) is 79.2 Å². The molecule has 2 rings (SSSR count). The molecule has 0 radical (unpaired) electrons. The van der Waals surface area contributed by atoms with E-state index in [1.807, 2.05) is 13.0 Å².